The number of rotatable bonds is 7. The first-order valence-electron chi connectivity index (χ1n) is 8.76. The van der Waals surface area contributed by atoms with Crippen molar-refractivity contribution in [1.82, 2.24) is 0 Å². The molecule has 0 amide bonds. The van der Waals surface area contributed by atoms with Crippen LogP contribution in [-0.4, -0.2) is 48.6 Å². The molecule has 0 radical (unpaired) electrons. The van der Waals surface area contributed by atoms with Gasteiger partial charge in [-0.05, 0) is 32.0 Å². The number of fused-ring (bicyclic) bond motifs is 2. The summed E-state index contributed by atoms with van der Waals surface area (Å²) in [5, 5.41) is 21.6. The average Bonchev–Trinajstić information content (AvgIpc) is 2.62. The zero-order chi connectivity index (χ0) is 20.5. The van der Waals surface area contributed by atoms with E-state index in [2.05, 4.69) is 0 Å². The van der Waals surface area contributed by atoms with Crippen LogP contribution >= 0.6 is 0 Å². The summed E-state index contributed by atoms with van der Waals surface area (Å²) in [6.07, 6.45) is -1.43. The highest BCUT2D eigenvalue weighted by molar-refractivity contribution is 7.85. The van der Waals surface area contributed by atoms with Gasteiger partial charge in [0, 0.05) is 21.5 Å². The Morgan fingerprint density at radius 1 is 0.821 bits per heavy atom. The van der Waals surface area contributed by atoms with E-state index in [0.717, 1.165) is 5.39 Å². The number of aliphatic hydroxyl groups is 2. The smallest absolute Gasteiger partial charge is 0.294 e. The van der Waals surface area contributed by atoms with Gasteiger partial charge in [0.1, 0.15) is 24.7 Å². The van der Waals surface area contributed by atoms with Gasteiger partial charge in [-0.15, -0.1) is 0 Å². The van der Waals surface area contributed by atoms with Crippen LogP contribution in [0.2, 0.25) is 0 Å². The van der Waals surface area contributed by atoms with Crippen LogP contribution in [0, 0.1) is 0 Å². The minimum atomic E-state index is -4.42. The highest BCUT2D eigenvalue weighted by Crippen LogP contribution is 2.43. The Bertz CT molecular complexity index is 1100. The van der Waals surface area contributed by atoms with Gasteiger partial charge in [0.15, 0.2) is 0 Å². The van der Waals surface area contributed by atoms with E-state index in [4.69, 9.17) is 9.47 Å². The normalized spacial score (nSPS) is 14.2. The Morgan fingerprint density at radius 2 is 1.29 bits per heavy atom. The van der Waals surface area contributed by atoms with E-state index in [-0.39, 0.29) is 18.1 Å². The highest BCUT2D eigenvalue weighted by atomic mass is 32.2. The van der Waals surface area contributed by atoms with Crippen LogP contribution in [0.15, 0.2) is 47.4 Å². The molecule has 3 aromatic carbocycles. The molecule has 0 aliphatic carbocycles. The molecule has 3 aromatic rings. The third-order valence-electron chi connectivity index (χ3n) is 4.13. The first-order valence-corrected chi connectivity index (χ1v) is 10.2. The lowest BCUT2D eigenvalue weighted by molar-refractivity contribution is 0.123. The molecule has 150 valence electrons. The molecule has 0 aliphatic heterocycles. The van der Waals surface area contributed by atoms with E-state index in [1.165, 1.54) is 18.2 Å². The molecule has 0 aromatic heterocycles. The molecular formula is C20H22O7S. The van der Waals surface area contributed by atoms with Gasteiger partial charge < -0.3 is 19.7 Å². The van der Waals surface area contributed by atoms with Crippen molar-refractivity contribution in [3.8, 4) is 11.5 Å². The molecule has 8 heteroatoms. The third kappa shape index (κ3) is 4.20. The first kappa shape index (κ1) is 20.3. The summed E-state index contributed by atoms with van der Waals surface area (Å²) in [6.45, 7) is 3.23. The van der Waals surface area contributed by atoms with Gasteiger partial charge in [-0.1, -0.05) is 24.3 Å². The molecule has 0 bridgehead atoms. The van der Waals surface area contributed by atoms with Crippen molar-refractivity contribution < 1.29 is 32.7 Å². The van der Waals surface area contributed by atoms with Crippen LogP contribution in [0.25, 0.3) is 21.5 Å². The maximum Gasteiger partial charge on any atom is 0.294 e. The fourth-order valence-corrected chi connectivity index (χ4v) is 3.46. The summed E-state index contributed by atoms with van der Waals surface area (Å²) < 4.78 is 44.3. The Balaban J connectivity index is 2.36. The fourth-order valence-electron chi connectivity index (χ4n) is 2.96. The van der Waals surface area contributed by atoms with Crippen molar-refractivity contribution in [3.63, 3.8) is 0 Å². The van der Waals surface area contributed by atoms with E-state index >= 15 is 0 Å². The zero-order valence-electron chi connectivity index (χ0n) is 15.5. The fraction of sp³-hybridized carbons (Fsp3) is 0.300. The second-order valence-corrected chi connectivity index (χ2v) is 8.13. The summed E-state index contributed by atoms with van der Waals surface area (Å²) in [7, 11) is -4.42. The quantitative estimate of drug-likeness (QED) is 0.408. The lowest BCUT2D eigenvalue weighted by Crippen LogP contribution is -2.14. The maximum atomic E-state index is 11.6. The summed E-state index contributed by atoms with van der Waals surface area (Å²) >= 11 is 0. The lowest BCUT2D eigenvalue weighted by Gasteiger charge is -2.19. The van der Waals surface area contributed by atoms with E-state index in [0.29, 0.717) is 27.7 Å². The summed E-state index contributed by atoms with van der Waals surface area (Å²) in [4.78, 5) is -0.279. The molecule has 0 heterocycles. The van der Waals surface area contributed by atoms with Gasteiger partial charge in [-0.2, -0.15) is 8.42 Å². The molecule has 2 unspecified atom stereocenters. The molecule has 28 heavy (non-hydrogen) atoms. The summed E-state index contributed by atoms with van der Waals surface area (Å²) in [5.74, 6) is 0.846. The van der Waals surface area contributed by atoms with Crippen molar-refractivity contribution in [2.75, 3.05) is 13.2 Å². The largest absolute Gasteiger partial charge is 0.490 e. The van der Waals surface area contributed by atoms with E-state index in [1.807, 2.05) is 12.1 Å². The molecular weight excluding hydrogens is 384 g/mol. The van der Waals surface area contributed by atoms with Gasteiger partial charge >= 0.3 is 0 Å². The molecule has 0 fully saturated rings. The zero-order valence-corrected chi connectivity index (χ0v) is 16.3. The number of benzene rings is 3. The SMILES string of the molecule is CC(O)COc1c2ccccc2c(OCC(C)O)c2cc(S(=O)(=O)O)ccc12. The molecule has 0 saturated heterocycles. The number of hydrogen-bond acceptors (Lipinski definition) is 6. The van der Waals surface area contributed by atoms with Crippen molar-refractivity contribution in [2.24, 2.45) is 0 Å². The molecule has 2 atom stereocenters. The molecule has 0 spiro atoms. The van der Waals surface area contributed by atoms with Gasteiger partial charge in [0.2, 0.25) is 0 Å². The van der Waals surface area contributed by atoms with Crippen LogP contribution in [0.3, 0.4) is 0 Å². The number of ether oxygens (including phenoxy) is 2. The van der Waals surface area contributed by atoms with Crippen LogP contribution in [0.1, 0.15) is 13.8 Å². The Morgan fingerprint density at radius 3 is 1.75 bits per heavy atom. The van der Waals surface area contributed by atoms with Crippen molar-refractivity contribution >= 4 is 31.7 Å². The second-order valence-electron chi connectivity index (χ2n) is 6.71. The minimum Gasteiger partial charge on any atom is -0.490 e. The Kier molecular flexibility index (Phi) is 5.76. The second kappa shape index (κ2) is 7.92. The monoisotopic (exact) mass is 406 g/mol. The molecule has 7 nitrogen and oxygen atoms in total. The van der Waals surface area contributed by atoms with Gasteiger partial charge in [-0.3, -0.25) is 4.55 Å². The molecule has 0 aliphatic rings. The van der Waals surface area contributed by atoms with Crippen LogP contribution < -0.4 is 9.47 Å². The van der Waals surface area contributed by atoms with Gasteiger partial charge in [-0.25, -0.2) is 0 Å². The minimum absolute atomic E-state index is 0.00305. The molecule has 3 rings (SSSR count). The summed E-state index contributed by atoms with van der Waals surface area (Å²) in [6, 6.07) is 11.4. The van der Waals surface area contributed by atoms with E-state index in [1.54, 1.807) is 26.0 Å². The third-order valence-corrected chi connectivity index (χ3v) is 4.98. The van der Waals surface area contributed by atoms with E-state index in [9.17, 15) is 23.2 Å². The predicted octanol–water partition coefficient (Wildman–Crippen LogP) is 2.76. The number of hydrogen-bond donors (Lipinski definition) is 3. The van der Waals surface area contributed by atoms with Crippen LogP contribution in [-0.2, 0) is 10.1 Å². The van der Waals surface area contributed by atoms with Crippen molar-refractivity contribution in [2.45, 2.75) is 31.0 Å². The molecule has 0 saturated carbocycles. The topological polar surface area (TPSA) is 113 Å². The standard InChI is InChI=1S/C20H22O7S/c1-12(21)10-26-19-15-5-3-4-6-16(15)20(27-11-13(2)22)18-9-14(28(23,24)25)7-8-17(18)19/h3-9,12-13,21-22H,10-11H2,1-2H3,(H,23,24,25). The van der Waals surface area contributed by atoms with Crippen molar-refractivity contribution in [1.29, 1.82) is 0 Å². The molecule has 3 N–H and O–H groups in total. The number of aliphatic hydroxyl groups excluding tert-OH is 2. The Labute approximate surface area is 162 Å². The lowest BCUT2D eigenvalue weighted by atomic mass is 10.0. The summed E-state index contributed by atoms with van der Waals surface area (Å²) in [5.41, 5.74) is 0. The highest BCUT2D eigenvalue weighted by Gasteiger charge is 2.20. The Hall–Kier alpha value is -2.39. The van der Waals surface area contributed by atoms with Crippen LogP contribution in [0.4, 0.5) is 0 Å². The predicted molar refractivity (Wildman–Crippen MR) is 106 cm³/mol. The van der Waals surface area contributed by atoms with Gasteiger partial charge in [0.25, 0.3) is 10.1 Å². The van der Waals surface area contributed by atoms with E-state index < -0.39 is 22.3 Å². The van der Waals surface area contributed by atoms with Crippen molar-refractivity contribution in [3.05, 3.63) is 42.5 Å². The average molecular weight is 406 g/mol. The van der Waals surface area contributed by atoms with Gasteiger partial charge in [0.05, 0.1) is 17.1 Å². The first-order chi connectivity index (χ1) is 13.2. The van der Waals surface area contributed by atoms with Crippen LogP contribution in [0.5, 0.6) is 11.5 Å². The maximum absolute atomic E-state index is 11.6.